The molecule has 2 aromatic carbocycles. The van der Waals surface area contributed by atoms with Gasteiger partial charge in [0.05, 0.1) is 10.6 Å². The van der Waals surface area contributed by atoms with Gasteiger partial charge >= 0.3 is 0 Å². The van der Waals surface area contributed by atoms with Crippen LogP contribution in [0.25, 0.3) is 0 Å². The lowest BCUT2D eigenvalue weighted by atomic mass is 10.2. The average molecular weight is 499 g/mol. The van der Waals surface area contributed by atoms with E-state index >= 15 is 0 Å². The molecule has 0 radical (unpaired) electrons. The molecule has 0 aromatic heterocycles. The first kappa shape index (κ1) is 20.2. The van der Waals surface area contributed by atoms with Gasteiger partial charge in [-0.05, 0) is 77.7 Å². The number of hydrogen-bond donors (Lipinski definition) is 1. The first-order valence-corrected chi connectivity index (χ1v) is 10.3. The molecule has 1 saturated heterocycles. The van der Waals surface area contributed by atoms with Crippen LogP contribution in [-0.2, 0) is 9.53 Å². The average Bonchev–Trinajstić information content (AvgIpc) is 3.14. The van der Waals surface area contributed by atoms with Crippen LogP contribution >= 0.6 is 31.9 Å². The molecule has 144 valence electrons. The predicted octanol–water partition coefficient (Wildman–Crippen LogP) is 5.10. The molecule has 3 rings (SSSR count). The smallest absolute Gasteiger partial charge is 0.262 e. The predicted molar refractivity (Wildman–Crippen MR) is 112 cm³/mol. The molecular formula is C20H21Br2NO4. The zero-order valence-corrected chi connectivity index (χ0v) is 18.1. The summed E-state index contributed by atoms with van der Waals surface area (Å²) < 4.78 is 18.7. The molecule has 1 amide bonds. The third-order valence-electron chi connectivity index (χ3n) is 4.14. The van der Waals surface area contributed by atoms with Crippen molar-refractivity contribution in [1.29, 1.82) is 0 Å². The van der Waals surface area contributed by atoms with Crippen molar-refractivity contribution in [1.82, 2.24) is 0 Å². The highest BCUT2D eigenvalue weighted by molar-refractivity contribution is 9.11. The number of aryl methyl sites for hydroxylation is 1. The molecule has 1 fully saturated rings. The van der Waals surface area contributed by atoms with E-state index < -0.39 is 0 Å². The number of rotatable bonds is 7. The Hall–Kier alpha value is -1.57. The molecule has 0 saturated carbocycles. The summed E-state index contributed by atoms with van der Waals surface area (Å²) in [6.45, 7) is 3.23. The number of amides is 1. The van der Waals surface area contributed by atoms with E-state index in [0.29, 0.717) is 18.0 Å². The van der Waals surface area contributed by atoms with Gasteiger partial charge in [-0.15, -0.1) is 0 Å². The van der Waals surface area contributed by atoms with Crippen LogP contribution in [0.15, 0.2) is 45.3 Å². The molecule has 0 bridgehead atoms. The molecule has 5 nitrogen and oxygen atoms in total. The summed E-state index contributed by atoms with van der Waals surface area (Å²) in [5.74, 6) is 1.19. The summed E-state index contributed by atoms with van der Waals surface area (Å²) >= 11 is 6.88. The lowest BCUT2D eigenvalue weighted by molar-refractivity contribution is -0.118. The van der Waals surface area contributed by atoms with Crippen molar-refractivity contribution in [3.63, 3.8) is 0 Å². The van der Waals surface area contributed by atoms with Crippen molar-refractivity contribution in [3.05, 3.63) is 50.9 Å². The molecular weight excluding hydrogens is 478 g/mol. The quantitative estimate of drug-likeness (QED) is 0.577. The van der Waals surface area contributed by atoms with Gasteiger partial charge in [0.2, 0.25) is 0 Å². The number of anilines is 1. The fraction of sp³-hybridized carbons (Fsp3) is 0.350. The molecule has 1 unspecified atom stereocenters. The van der Waals surface area contributed by atoms with Crippen molar-refractivity contribution in [2.75, 3.05) is 25.1 Å². The minimum Gasteiger partial charge on any atom is -0.491 e. The highest BCUT2D eigenvalue weighted by atomic mass is 79.9. The number of nitrogens with one attached hydrogen (secondary N) is 1. The molecule has 2 aromatic rings. The van der Waals surface area contributed by atoms with E-state index in [1.807, 2.05) is 43.3 Å². The van der Waals surface area contributed by atoms with E-state index in [1.54, 1.807) is 0 Å². The van der Waals surface area contributed by atoms with Crippen LogP contribution in [0, 0.1) is 6.92 Å². The highest BCUT2D eigenvalue weighted by Gasteiger charge is 2.16. The van der Waals surface area contributed by atoms with E-state index in [-0.39, 0.29) is 18.6 Å². The van der Waals surface area contributed by atoms with Crippen LogP contribution in [0.5, 0.6) is 11.5 Å². The molecule has 0 spiro atoms. The minimum absolute atomic E-state index is 0.0711. The van der Waals surface area contributed by atoms with E-state index in [1.165, 1.54) is 0 Å². The number of benzene rings is 2. The van der Waals surface area contributed by atoms with Crippen molar-refractivity contribution in [3.8, 4) is 11.5 Å². The summed E-state index contributed by atoms with van der Waals surface area (Å²) in [4.78, 5) is 12.2. The monoisotopic (exact) mass is 497 g/mol. The number of carbonyl (C=O) groups is 1. The van der Waals surface area contributed by atoms with E-state index in [4.69, 9.17) is 14.2 Å². The first-order valence-electron chi connectivity index (χ1n) is 8.74. The van der Waals surface area contributed by atoms with Gasteiger partial charge in [-0.3, -0.25) is 4.79 Å². The molecule has 1 heterocycles. The van der Waals surface area contributed by atoms with Gasteiger partial charge in [0.25, 0.3) is 5.91 Å². The molecule has 1 atom stereocenters. The standard InChI is InChI=1S/C20H21Br2NO4/c1-13-9-14(21)10-18(22)20(13)27-12-19(24)23-15-4-6-16(7-5-15)26-11-17-3-2-8-25-17/h4-7,9-10,17H,2-3,8,11-12H2,1H3,(H,23,24). The second-order valence-corrected chi connectivity index (χ2v) is 8.11. The van der Waals surface area contributed by atoms with Gasteiger partial charge in [0.15, 0.2) is 6.61 Å². The number of hydrogen-bond acceptors (Lipinski definition) is 4. The number of carbonyl (C=O) groups excluding carboxylic acids is 1. The Balaban J connectivity index is 1.47. The third kappa shape index (κ3) is 5.96. The maximum Gasteiger partial charge on any atom is 0.262 e. The summed E-state index contributed by atoms with van der Waals surface area (Å²) in [6, 6.07) is 11.1. The Morgan fingerprint density at radius 2 is 2.00 bits per heavy atom. The fourth-order valence-electron chi connectivity index (χ4n) is 2.81. The van der Waals surface area contributed by atoms with Crippen LogP contribution in [0.1, 0.15) is 18.4 Å². The second-order valence-electron chi connectivity index (χ2n) is 6.34. The number of ether oxygens (including phenoxy) is 3. The Morgan fingerprint density at radius 3 is 2.67 bits per heavy atom. The van der Waals surface area contributed by atoms with Crippen LogP contribution in [0.4, 0.5) is 5.69 Å². The molecule has 27 heavy (non-hydrogen) atoms. The van der Waals surface area contributed by atoms with Crippen LogP contribution < -0.4 is 14.8 Å². The normalized spacial score (nSPS) is 16.2. The van der Waals surface area contributed by atoms with Crippen molar-refractivity contribution in [2.45, 2.75) is 25.9 Å². The molecule has 1 aliphatic heterocycles. The van der Waals surface area contributed by atoms with Gasteiger partial charge in [0, 0.05) is 16.8 Å². The van der Waals surface area contributed by atoms with Gasteiger partial charge in [-0.1, -0.05) is 15.9 Å². The van der Waals surface area contributed by atoms with Crippen LogP contribution in [0.2, 0.25) is 0 Å². The highest BCUT2D eigenvalue weighted by Crippen LogP contribution is 2.32. The Kier molecular flexibility index (Phi) is 7.15. The van der Waals surface area contributed by atoms with E-state index in [0.717, 1.165) is 39.7 Å². The topological polar surface area (TPSA) is 56.8 Å². The van der Waals surface area contributed by atoms with Crippen LogP contribution in [-0.4, -0.2) is 31.8 Å². The van der Waals surface area contributed by atoms with Crippen LogP contribution in [0.3, 0.4) is 0 Å². The fourth-order valence-corrected chi connectivity index (χ4v) is 4.36. The summed E-state index contributed by atoms with van der Waals surface area (Å²) in [7, 11) is 0. The first-order chi connectivity index (χ1) is 13.0. The zero-order valence-electron chi connectivity index (χ0n) is 15.0. The number of halogens is 2. The molecule has 1 aliphatic rings. The SMILES string of the molecule is Cc1cc(Br)cc(Br)c1OCC(=O)Nc1ccc(OCC2CCCO2)cc1. The van der Waals surface area contributed by atoms with Crippen molar-refractivity contribution < 1.29 is 19.0 Å². The van der Waals surface area contributed by atoms with Gasteiger partial charge < -0.3 is 19.5 Å². The summed E-state index contributed by atoms with van der Waals surface area (Å²) in [5, 5.41) is 2.82. The lowest BCUT2D eigenvalue weighted by Crippen LogP contribution is -2.20. The van der Waals surface area contributed by atoms with E-state index in [2.05, 4.69) is 37.2 Å². The molecule has 7 heteroatoms. The Labute approximate surface area is 175 Å². The minimum atomic E-state index is -0.225. The van der Waals surface area contributed by atoms with Gasteiger partial charge in [-0.2, -0.15) is 0 Å². The maximum absolute atomic E-state index is 12.2. The second kappa shape index (κ2) is 9.57. The van der Waals surface area contributed by atoms with E-state index in [9.17, 15) is 4.79 Å². The summed E-state index contributed by atoms with van der Waals surface area (Å²) in [5.41, 5.74) is 1.64. The van der Waals surface area contributed by atoms with Gasteiger partial charge in [-0.25, -0.2) is 0 Å². The Bertz CT molecular complexity index is 766. The Morgan fingerprint density at radius 1 is 1.22 bits per heavy atom. The summed E-state index contributed by atoms with van der Waals surface area (Å²) in [6.07, 6.45) is 2.32. The third-order valence-corrected chi connectivity index (χ3v) is 5.19. The lowest BCUT2D eigenvalue weighted by Gasteiger charge is -2.13. The maximum atomic E-state index is 12.2. The molecule has 1 N–H and O–H groups in total. The van der Waals surface area contributed by atoms with Gasteiger partial charge in [0.1, 0.15) is 18.1 Å². The van der Waals surface area contributed by atoms with Crippen molar-refractivity contribution in [2.24, 2.45) is 0 Å². The molecule has 0 aliphatic carbocycles. The largest absolute Gasteiger partial charge is 0.491 e. The van der Waals surface area contributed by atoms with Crippen molar-refractivity contribution >= 4 is 43.5 Å². The zero-order chi connectivity index (χ0) is 19.2.